The highest BCUT2D eigenvalue weighted by Gasteiger charge is 2.13. The Hall–Kier alpha value is -3.35. The predicted octanol–water partition coefficient (Wildman–Crippen LogP) is 3.70. The smallest absolute Gasteiger partial charge is 0.249 e. The molecule has 0 saturated heterocycles. The third kappa shape index (κ3) is 3.30. The number of aromatic nitrogens is 3. The molecule has 2 N–H and O–H groups in total. The minimum absolute atomic E-state index is 0.248. The summed E-state index contributed by atoms with van der Waals surface area (Å²) in [5, 5.41) is 14.4. The van der Waals surface area contributed by atoms with Gasteiger partial charge in [-0.25, -0.2) is 0 Å². The second-order valence-corrected chi connectivity index (χ2v) is 5.78. The van der Waals surface area contributed by atoms with E-state index in [4.69, 9.17) is 9.47 Å². The van der Waals surface area contributed by atoms with Crippen molar-refractivity contribution in [2.75, 3.05) is 17.4 Å². The van der Waals surface area contributed by atoms with E-state index < -0.39 is 0 Å². The van der Waals surface area contributed by atoms with Crippen molar-refractivity contribution in [2.45, 2.75) is 13.8 Å². The van der Waals surface area contributed by atoms with Crippen LogP contribution < -0.4 is 20.1 Å². The van der Waals surface area contributed by atoms with Crippen molar-refractivity contribution in [1.29, 1.82) is 0 Å². The molecule has 0 saturated carbocycles. The molecule has 126 valence electrons. The maximum absolute atomic E-state index is 5.38. The van der Waals surface area contributed by atoms with E-state index in [0.717, 1.165) is 17.1 Å². The van der Waals surface area contributed by atoms with E-state index in [1.54, 1.807) is 6.20 Å². The topological polar surface area (TPSA) is 81.2 Å². The molecule has 25 heavy (non-hydrogen) atoms. The van der Waals surface area contributed by atoms with E-state index in [1.807, 2.05) is 24.3 Å². The third-order valence-electron chi connectivity index (χ3n) is 3.97. The molecule has 1 aliphatic rings. The van der Waals surface area contributed by atoms with Crippen molar-refractivity contribution >= 4 is 23.1 Å². The Balaban J connectivity index is 1.52. The fourth-order valence-corrected chi connectivity index (χ4v) is 2.49. The molecule has 0 aliphatic carbocycles. The Bertz CT molecular complexity index is 929. The summed E-state index contributed by atoms with van der Waals surface area (Å²) in [6, 6.07) is 11.7. The van der Waals surface area contributed by atoms with Gasteiger partial charge in [0.1, 0.15) is 0 Å². The highest BCUT2D eigenvalue weighted by Crippen LogP contribution is 2.34. The van der Waals surface area contributed by atoms with Gasteiger partial charge in [-0.15, -0.1) is 5.10 Å². The molecule has 1 aliphatic heterocycles. The normalized spacial score (nSPS) is 12.1. The lowest BCUT2D eigenvalue weighted by molar-refractivity contribution is 0.174. The lowest BCUT2D eigenvalue weighted by atomic mass is 10.1. The summed E-state index contributed by atoms with van der Waals surface area (Å²) in [6.07, 6.45) is 1.57. The number of fused-ring (bicyclic) bond motifs is 1. The van der Waals surface area contributed by atoms with Crippen molar-refractivity contribution in [1.82, 2.24) is 15.2 Å². The van der Waals surface area contributed by atoms with Crippen molar-refractivity contribution in [3.63, 3.8) is 0 Å². The average Bonchev–Trinajstić information content (AvgIpc) is 3.06. The van der Waals surface area contributed by atoms with Gasteiger partial charge >= 0.3 is 0 Å². The molecule has 2 heterocycles. The first-order chi connectivity index (χ1) is 12.2. The Morgan fingerprint density at radius 2 is 1.68 bits per heavy atom. The summed E-state index contributed by atoms with van der Waals surface area (Å²) in [4.78, 5) is 4.44. The number of anilines is 4. The minimum Gasteiger partial charge on any atom is -0.454 e. The Kier molecular flexibility index (Phi) is 3.81. The molecule has 1 aromatic heterocycles. The molecular formula is C18H17N5O2. The van der Waals surface area contributed by atoms with Crippen LogP contribution in [0.4, 0.5) is 23.1 Å². The Labute approximate surface area is 145 Å². The molecule has 3 aromatic rings. The van der Waals surface area contributed by atoms with E-state index >= 15 is 0 Å². The Morgan fingerprint density at radius 3 is 2.56 bits per heavy atom. The van der Waals surface area contributed by atoms with Crippen LogP contribution >= 0.6 is 0 Å². The molecule has 0 amide bonds. The van der Waals surface area contributed by atoms with Crippen LogP contribution in [0.25, 0.3) is 0 Å². The van der Waals surface area contributed by atoms with Gasteiger partial charge in [0.05, 0.1) is 6.20 Å². The van der Waals surface area contributed by atoms with Gasteiger partial charge in [-0.1, -0.05) is 6.07 Å². The van der Waals surface area contributed by atoms with Crippen LogP contribution in [-0.4, -0.2) is 22.0 Å². The Morgan fingerprint density at radius 1 is 0.880 bits per heavy atom. The second-order valence-electron chi connectivity index (χ2n) is 5.78. The van der Waals surface area contributed by atoms with Gasteiger partial charge in [0.25, 0.3) is 0 Å². The summed E-state index contributed by atoms with van der Waals surface area (Å²) in [5.41, 5.74) is 4.20. The first-order valence-electron chi connectivity index (χ1n) is 7.88. The molecule has 7 nitrogen and oxygen atoms in total. The lowest BCUT2D eigenvalue weighted by Gasteiger charge is -2.09. The van der Waals surface area contributed by atoms with Gasteiger partial charge in [0, 0.05) is 17.4 Å². The second kappa shape index (κ2) is 6.27. The zero-order valence-electron chi connectivity index (χ0n) is 13.9. The summed E-state index contributed by atoms with van der Waals surface area (Å²) in [6.45, 7) is 4.39. The third-order valence-corrected chi connectivity index (χ3v) is 3.97. The molecule has 0 spiro atoms. The monoisotopic (exact) mass is 335 g/mol. The number of ether oxygens (including phenoxy) is 2. The van der Waals surface area contributed by atoms with Gasteiger partial charge in [0.2, 0.25) is 12.7 Å². The molecular weight excluding hydrogens is 318 g/mol. The molecule has 0 bridgehead atoms. The maximum Gasteiger partial charge on any atom is 0.249 e. The highest BCUT2D eigenvalue weighted by molar-refractivity contribution is 5.63. The summed E-state index contributed by atoms with van der Waals surface area (Å²) >= 11 is 0. The average molecular weight is 335 g/mol. The number of aryl methyl sites for hydroxylation is 2. The number of hydrogen-bond acceptors (Lipinski definition) is 7. The molecule has 7 heteroatoms. The van der Waals surface area contributed by atoms with Crippen LogP contribution in [0.1, 0.15) is 11.1 Å². The number of nitrogens with zero attached hydrogens (tertiary/aromatic N) is 3. The van der Waals surface area contributed by atoms with Gasteiger partial charge in [-0.2, -0.15) is 10.1 Å². The van der Waals surface area contributed by atoms with Crippen LogP contribution in [0.5, 0.6) is 11.5 Å². The number of rotatable bonds is 4. The molecule has 0 atom stereocenters. The molecule has 2 aromatic carbocycles. The van der Waals surface area contributed by atoms with Crippen molar-refractivity contribution < 1.29 is 9.47 Å². The zero-order valence-corrected chi connectivity index (χ0v) is 13.9. The van der Waals surface area contributed by atoms with Gasteiger partial charge in [0.15, 0.2) is 17.3 Å². The lowest BCUT2D eigenvalue weighted by Crippen LogP contribution is -2.02. The van der Waals surface area contributed by atoms with Crippen LogP contribution in [0.15, 0.2) is 42.6 Å². The van der Waals surface area contributed by atoms with Crippen molar-refractivity contribution in [2.24, 2.45) is 0 Å². The van der Waals surface area contributed by atoms with Crippen LogP contribution in [0, 0.1) is 13.8 Å². The predicted molar refractivity (Wildman–Crippen MR) is 94.9 cm³/mol. The molecule has 0 fully saturated rings. The van der Waals surface area contributed by atoms with E-state index in [-0.39, 0.29) is 6.79 Å². The first-order valence-corrected chi connectivity index (χ1v) is 7.88. The zero-order chi connectivity index (χ0) is 17.2. The van der Waals surface area contributed by atoms with Gasteiger partial charge in [-0.3, -0.25) is 0 Å². The molecule has 0 radical (unpaired) electrons. The van der Waals surface area contributed by atoms with E-state index in [1.165, 1.54) is 11.1 Å². The maximum atomic E-state index is 5.38. The van der Waals surface area contributed by atoms with Crippen LogP contribution in [0.2, 0.25) is 0 Å². The van der Waals surface area contributed by atoms with E-state index in [0.29, 0.717) is 17.5 Å². The first kappa shape index (κ1) is 15.2. The summed E-state index contributed by atoms with van der Waals surface area (Å²) < 4.78 is 10.7. The van der Waals surface area contributed by atoms with E-state index in [9.17, 15) is 0 Å². The minimum atomic E-state index is 0.248. The molecule has 0 unspecified atom stereocenters. The van der Waals surface area contributed by atoms with Crippen molar-refractivity contribution in [3.8, 4) is 11.5 Å². The quantitative estimate of drug-likeness (QED) is 0.752. The van der Waals surface area contributed by atoms with Crippen LogP contribution in [0.3, 0.4) is 0 Å². The van der Waals surface area contributed by atoms with Gasteiger partial charge in [-0.05, 0) is 49.2 Å². The number of hydrogen-bond donors (Lipinski definition) is 2. The van der Waals surface area contributed by atoms with Crippen LogP contribution in [-0.2, 0) is 0 Å². The van der Waals surface area contributed by atoms with Gasteiger partial charge < -0.3 is 20.1 Å². The largest absolute Gasteiger partial charge is 0.454 e. The standard InChI is InChI=1S/C18H17N5O2/c1-11-3-4-13(7-12(11)2)21-18-22-17(9-19-23-18)20-14-5-6-15-16(8-14)25-10-24-15/h3-9H,10H2,1-2H3,(H2,20,21,22,23). The number of nitrogens with one attached hydrogen (secondary N) is 2. The molecule has 4 rings (SSSR count). The van der Waals surface area contributed by atoms with E-state index in [2.05, 4.69) is 51.8 Å². The fourth-order valence-electron chi connectivity index (χ4n) is 2.49. The highest BCUT2D eigenvalue weighted by atomic mass is 16.7. The number of benzene rings is 2. The summed E-state index contributed by atoms with van der Waals surface area (Å²) in [7, 11) is 0. The van der Waals surface area contributed by atoms with Crippen molar-refractivity contribution in [3.05, 3.63) is 53.7 Å². The SMILES string of the molecule is Cc1ccc(Nc2nncc(Nc3ccc4c(c3)OCO4)n2)cc1C. The fraction of sp³-hybridized carbons (Fsp3) is 0.167. The summed E-state index contributed by atoms with van der Waals surface area (Å²) in [5.74, 6) is 2.46.